The first-order chi connectivity index (χ1) is 10.7. The highest BCUT2D eigenvalue weighted by Gasteiger charge is 2.16. The lowest BCUT2D eigenvalue weighted by atomic mass is 10.1. The zero-order valence-corrected chi connectivity index (χ0v) is 13.4. The van der Waals surface area contributed by atoms with Crippen molar-refractivity contribution in [3.63, 3.8) is 0 Å². The molecule has 23 heavy (non-hydrogen) atoms. The number of hydrogen-bond donors (Lipinski definition) is 0. The number of nitro benzene ring substituents is 1. The smallest absolute Gasteiger partial charge is 0.308 e. The number of carbonyl (C=O) groups excluding carboxylic acids is 1. The second-order valence-corrected chi connectivity index (χ2v) is 6.14. The van der Waals surface area contributed by atoms with E-state index in [0.717, 1.165) is 5.56 Å². The third-order valence-corrected chi connectivity index (χ3v) is 3.00. The van der Waals surface area contributed by atoms with Crippen molar-refractivity contribution >= 4 is 11.7 Å². The van der Waals surface area contributed by atoms with E-state index in [1.807, 2.05) is 20.8 Å². The highest BCUT2D eigenvalue weighted by molar-refractivity contribution is 5.69. The third-order valence-electron chi connectivity index (χ3n) is 3.00. The van der Waals surface area contributed by atoms with Crippen molar-refractivity contribution in [2.45, 2.75) is 39.3 Å². The van der Waals surface area contributed by atoms with Crippen molar-refractivity contribution in [1.82, 2.24) is 9.55 Å². The van der Waals surface area contributed by atoms with Gasteiger partial charge in [-0.2, -0.15) is 0 Å². The summed E-state index contributed by atoms with van der Waals surface area (Å²) < 4.78 is 7.04. The van der Waals surface area contributed by atoms with Crippen LogP contribution in [0.15, 0.2) is 36.8 Å². The Bertz CT molecular complexity index is 699. The quantitative estimate of drug-likeness (QED) is 0.480. The summed E-state index contributed by atoms with van der Waals surface area (Å²) in [4.78, 5) is 26.1. The summed E-state index contributed by atoms with van der Waals surface area (Å²) in [5.41, 5.74) is 1.03. The molecule has 0 saturated heterocycles. The third kappa shape index (κ3) is 4.91. The summed E-state index contributed by atoms with van der Waals surface area (Å²) in [6.45, 7) is 5.95. The van der Waals surface area contributed by atoms with Crippen LogP contribution in [0.2, 0.25) is 0 Å². The Labute approximate surface area is 134 Å². The van der Waals surface area contributed by atoms with Crippen LogP contribution < -0.4 is 0 Å². The molecule has 0 aliphatic rings. The number of nitro groups is 1. The van der Waals surface area contributed by atoms with Crippen LogP contribution in [0, 0.1) is 10.1 Å². The summed E-state index contributed by atoms with van der Waals surface area (Å²) in [6.07, 6.45) is 3.68. The first-order valence-corrected chi connectivity index (χ1v) is 7.23. The fraction of sp³-hybridized carbons (Fsp3) is 0.375. The molecule has 7 heteroatoms. The van der Waals surface area contributed by atoms with Crippen LogP contribution in [-0.2, 0) is 16.1 Å². The Kier molecular flexibility index (Phi) is 4.78. The predicted molar refractivity (Wildman–Crippen MR) is 84.8 cm³/mol. The summed E-state index contributed by atoms with van der Waals surface area (Å²) in [7, 11) is 0. The highest BCUT2D eigenvalue weighted by Crippen LogP contribution is 2.20. The van der Waals surface area contributed by atoms with Gasteiger partial charge in [-0.05, 0) is 32.9 Å². The van der Waals surface area contributed by atoms with Gasteiger partial charge in [-0.25, -0.2) is 4.98 Å². The van der Waals surface area contributed by atoms with Gasteiger partial charge in [0.1, 0.15) is 5.60 Å². The number of aryl methyl sites for hydroxylation is 1. The number of esters is 1. The van der Waals surface area contributed by atoms with E-state index in [0.29, 0.717) is 12.2 Å². The molecule has 1 aromatic heterocycles. The zero-order chi connectivity index (χ0) is 17.0. The Morgan fingerprint density at radius 2 is 1.96 bits per heavy atom. The van der Waals surface area contributed by atoms with Gasteiger partial charge in [-0.15, -0.1) is 0 Å². The van der Waals surface area contributed by atoms with E-state index in [9.17, 15) is 14.9 Å². The van der Waals surface area contributed by atoms with Crippen molar-refractivity contribution in [1.29, 1.82) is 0 Å². The standard InChI is InChI=1S/C16H19N3O4/c1-16(2,3)23-15(20)8-9-18-10-14(17-11-18)12-4-6-13(7-5-12)19(21)22/h4-7,10-11H,8-9H2,1-3H3. The first kappa shape index (κ1) is 16.7. The molecule has 0 aliphatic carbocycles. The molecule has 0 saturated carbocycles. The molecular weight excluding hydrogens is 298 g/mol. The normalized spacial score (nSPS) is 11.3. The number of benzene rings is 1. The number of carbonyl (C=O) groups is 1. The predicted octanol–water partition coefficient (Wildman–Crippen LogP) is 3.19. The van der Waals surface area contributed by atoms with Gasteiger partial charge in [0, 0.05) is 30.4 Å². The van der Waals surface area contributed by atoms with Gasteiger partial charge in [0.15, 0.2) is 0 Å². The number of nitrogens with zero attached hydrogens (tertiary/aromatic N) is 3. The molecule has 0 amide bonds. The Balaban J connectivity index is 1.98. The van der Waals surface area contributed by atoms with E-state index in [-0.39, 0.29) is 18.1 Å². The van der Waals surface area contributed by atoms with E-state index >= 15 is 0 Å². The molecule has 0 N–H and O–H groups in total. The van der Waals surface area contributed by atoms with Gasteiger partial charge < -0.3 is 9.30 Å². The van der Waals surface area contributed by atoms with Gasteiger partial charge in [0.05, 0.1) is 23.4 Å². The van der Waals surface area contributed by atoms with E-state index in [4.69, 9.17) is 4.74 Å². The average molecular weight is 317 g/mol. The van der Waals surface area contributed by atoms with Gasteiger partial charge in [0.2, 0.25) is 0 Å². The largest absolute Gasteiger partial charge is 0.460 e. The van der Waals surface area contributed by atoms with Crippen molar-refractivity contribution in [3.8, 4) is 11.3 Å². The molecule has 122 valence electrons. The molecule has 0 unspecified atom stereocenters. The molecule has 0 aliphatic heterocycles. The number of hydrogen-bond acceptors (Lipinski definition) is 5. The fourth-order valence-corrected chi connectivity index (χ4v) is 2.00. The summed E-state index contributed by atoms with van der Waals surface area (Å²) in [6, 6.07) is 6.18. The Morgan fingerprint density at radius 1 is 1.30 bits per heavy atom. The molecule has 0 bridgehead atoms. The fourth-order valence-electron chi connectivity index (χ4n) is 2.00. The molecule has 1 heterocycles. The molecule has 7 nitrogen and oxygen atoms in total. The minimum atomic E-state index is -0.490. The monoisotopic (exact) mass is 317 g/mol. The number of ether oxygens (including phenoxy) is 1. The lowest BCUT2D eigenvalue weighted by Crippen LogP contribution is -2.24. The molecule has 2 rings (SSSR count). The van der Waals surface area contributed by atoms with Crippen molar-refractivity contribution in [2.24, 2.45) is 0 Å². The highest BCUT2D eigenvalue weighted by atomic mass is 16.6. The van der Waals surface area contributed by atoms with E-state index < -0.39 is 10.5 Å². The SMILES string of the molecule is CC(C)(C)OC(=O)CCn1cnc(-c2ccc([N+](=O)[O-])cc2)c1. The number of aromatic nitrogens is 2. The first-order valence-electron chi connectivity index (χ1n) is 7.23. The summed E-state index contributed by atoms with van der Waals surface area (Å²) in [5, 5.41) is 10.6. The number of rotatable bonds is 5. The Hall–Kier alpha value is -2.70. The van der Waals surface area contributed by atoms with E-state index in [1.165, 1.54) is 12.1 Å². The molecular formula is C16H19N3O4. The zero-order valence-electron chi connectivity index (χ0n) is 13.4. The van der Waals surface area contributed by atoms with Crippen LogP contribution >= 0.6 is 0 Å². The average Bonchev–Trinajstić information content (AvgIpc) is 2.92. The van der Waals surface area contributed by atoms with E-state index in [1.54, 1.807) is 29.2 Å². The second-order valence-electron chi connectivity index (χ2n) is 6.14. The van der Waals surface area contributed by atoms with Gasteiger partial charge in [-0.1, -0.05) is 0 Å². The Morgan fingerprint density at radius 3 is 2.52 bits per heavy atom. The molecule has 2 aromatic rings. The maximum atomic E-state index is 11.7. The van der Waals surface area contributed by atoms with Crippen molar-refractivity contribution in [3.05, 3.63) is 46.9 Å². The number of imidazole rings is 1. The minimum absolute atomic E-state index is 0.0399. The summed E-state index contributed by atoms with van der Waals surface area (Å²) in [5.74, 6) is -0.261. The molecule has 0 fully saturated rings. The maximum absolute atomic E-state index is 11.7. The van der Waals surface area contributed by atoms with Crippen LogP contribution in [-0.4, -0.2) is 26.0 Å². The minimum Gasteiger partial charge on any atom is -0.460 e. The van der Waals surface area contributed by atoms with Crippen LogP contribution in [0.1, 0.15) is 27.2 Å². The molecule has 0 spiro atoms. The van der Waals surface area contributed by atoms with Crippen LogP contribution in [0.25, 0.3) is 11.3 Å². The lowest BCUT2D eigenvalue weighted by molar-refractivity contribution is -0.384. The van der Waals surface area contributed by atoms with Gasteiger partial charge in [-0.3, -0.25) is 14.9 Å². The number of non-ortho nitro benzene ring substituents is 1. The van der Waals surface area contributed by atoms with Crippen LogP contribution in [0.4, 0.5) is 5.69 Å². The van der Waals surface area contributed by atoms with Gasteiger partial charge >= 0.3 is 5.97 Å². The second kappa shape index (κ2) is 6.60. The topological polar surface area (TPSA) is 87.3 Å². The molecule has 0 atom stereocenters. The van der Waals surface area contributed by atoms with Crippen LogP contribution in [0.3, 0.4) is 0 Å². The maximum Gasteiger partial charge on any atom is 0.308 e. The molecule has 0 radical (unpaired) electrons. The van der Waals surface area contributed by atoms with E-state index in [2.05, 4.69) is 4.98 Å². The van der Waals surface area contributed by atoms with Gasteiger partial charge in [0.25, 0.3) is 5.69 Å². The lowest BCUT2D eigenvalue weighted by Gasteiger charge is -2.19. The van der Waals surface area contributed by atoms with Crippen molar-refractivity contribution < 1.29 is 14.5 Å². The molecule has 1 aromatic carbocycles. The summed E-state index contributed by atoms with van der Waals surface area (Å²) >= 11 is 0. The van der Waals surface area contributed by atoms with Crippen LogP contribution in [0.5, 0.6) is 0 Å². The van der Waals surface area contributed by atoms with Crippen molar-refractivity contribution in [2.75, 3.05) is 0 Å².